The summed E-state index contributed by atoms with van der Waals surface area (Å²) in [5, 5.41) is 12.7. The Kier molecular flexibility index (Phi) is 6.82. The first kappa shape index (κ1) is 20.6. The van der Waals surface area contributed by atoms with Crippen LogP contribution in [0.3, 0.4) is 0 Å². The molecule has 6 nitrogen and oxygen atoms in total. The summed E-state index contributed by atoms with van der Waals surface area (Å²) in [6.45, 7) is 1.69. The third kappa shape index (κ3) is 5.29. The van der Waals surface area contributed by atoms with E-state index in [1.807, 2.05) is 0 Å². The molecule has 0 bridgehead atoms. The predicted molar refractivity (Wildman–Crippen MR) is 116 cm³/mol. The van der Waals surface area contributed by atoms with Gasteiger partial charge < -0.3 is 15.2 Å². The summed E-state index contributed by atoms with van der Waals surface area (Å²) < 4.78 is 5.47. The average Bonchev–Trinajstić information content (AvgIpc) is 3.23. The lowest BCUT2D eigenvalue weighted by Gasteiger charge is -2.17. The summed E-state index contributed by atoms with van der Waals surface area (Å²) in [5.74, 6) is 1.06. The molecule has 4 heterocycles. The second-order valence-corrected chi connectivity index (χ2v) is 8.42. The highest BCUT2D eigenvalue weighted by Gasteiger charge is 2.20. The minimum absolute atomic E-state index is 0.0225. The Morgan fingerprint density at radius 1 is 1.17 bits per heavy atom. The number of rotatable bonds is 10. The third-order valence-electron chi connectivity index (χ3n) is 6.14. The molecular formula is C24H31N3O3. The van der Waals surface area contributed by atoms with Gasteiger partial charge in [-0.15, -0.1) is 0 Å². The molecule has 30 heavy (non-hydrogen) atoms. The van der Waals surface area contributed by atoms with E-state index in [0.29, 0.717) is 12.5 Å². The van der Waals surface area contributed by atoms with E-state index in [-0.39, 0.29) is 12.3 Å². The average molecular weight is 410 g/mol. The van der Waals surface area contributed by atoms with Crippen molar-refractivity contribution in [3.63, 3.8) is 0 Å². The van der Waals surface area contributed by atoms with Crippen molar-refractivity contribution >= 4 is 11.8 Å². The molecule has 1 atom stereocenters. The zero-order valence-corrected chi connectivity index (χ0v) is 17.5. The molecule has 2 aromatic heterocycles. The Balaban J connectivity index is 1.22. The van der Waals surface area contributed by atoms with Gasteiger partial charge in [-0.25, -0.2) is 9.97 Å². The van der Waals surface area contributed by atoms with Crippen LogP contribution in [0.2, 0.25) is 0 Å². The lowest BCUT2D eigenvalue weighted by Crippen LogP contribution is -2.13. The van der Waals surface area contributed by atoms with Crippen LogP contribution in [0.25, 0.3) is 0 Å². The van der Waals surface area contributed by atoms with Gasteiger partial charge in [-0.05, 0) is 61.3 Å². The quantitative estimate of drug-likeness (QED) is 0.561. The van der Waals surface area contributed by atoms with Gasteiger partial charge in [0.1, 0.15) is 5.82 Å². The second-order valence-electron chi connectivity index (χ2n) is 8.42. The number of nitrogens with zero attached hydrogens (tertiary/aromatic N) is 2. The van der Waals surface area contributed by atoms with Crippen molar-refractivity contribution in [1.29, 1.82) is 0 Å². The molecular weight excluding hydrogens is 378 g/mol. The predicted octanol–water partition coefficient (Wildman–Crippen LogP) is 4.52. The number of unbranched alkanes of at least 4 members (excludes halogenated alkanes) is 3. The first-order valence-corrected chi connectivity index (χ1v) is 11.2. The number of pyridine rings is 2. The molecule has 0 amide bonds. The molecule has 0 fully saturated rings. The van der Waals surface area contributed by atoms with E-state index in [1.165, 1.54) is 17.7 Å². The number of hydrogen-bond donors (Lipinski definition) is 2. The highest BCUT2D eigenvalue weighted by atomic mass is 16.5. The lowest BCUT2D eigenvalue weighted by molar-refractivity contribution is -0.137. The smallest absolute Gasteiger partial charge is 0.303 e. The van der Waals surface area contributed by atoms with Crippen LogP contribution < -0.4 is 10.1 Å². The van der Waals surface area contributed by atoms with Crippen molar-refractivity contribution in [2.24, 2.45) is 0 Å². The van der Waals surface area contributed by atoms with Crippen molar-refractivity contribution in [1.82, 2.24) is 9.97 Å². The van der Waals surface area contributed by atoms with Crippen LogP contribution in [0.15, 0.2) is 24.4 Å². The third-order valence-corrected chi connectivity index (χ3v) is 6.14. The molecule has 0 spiro atoms. The summed E-state index contributed by atoms with van der Waals surface area (Å²) in [4.78, 5) is 20.5. The lowest BCUT2D eigenvalue weighted by atomic mass is 9.90. The summed E-state index contributed by atoms with van der Waals surface area (Å²) in [7, 11) is 0. The van der Waals surface area contributed by atoms with Crippen LogP contribution in [-0.2, 0) is 24.1 Å². The fraction of sp³-hybridized carbons (Fsp3) is 0.542. The number of aliphatic carboxylic acids is 1. The Morgan fingerprint density at radius 2 is 2.07 bits per heavy atom. The van der Waals surface area contributed by atoms with Crippen molar-refractivity contribution in [3.8, 4) is 5.88 Å². The van der Waals surface area contributed by atoms with Gasteiger partial charge in [0.05, 0.1) is 13.0 Å². The van der Waals surface area contributed by atoms with Crippen LogP contribution in [0.4, 0.5) is 5.82 Å². The van der Waals surface area contributed by atoms with Crippen LogP contribution >= 0.6 is 0 Å². The van der Waals surface area contributed by atoms with Crippen LogP contribution in [0, 0.1) is 0 Å². The number of anilines is 1. The molecule has 2 N–H and O–H groups in total. The fourth-order valence-electron chi connectivity index (χ4n) is 4.46. The molecule has 2 aliphatic heterocycles. The van der Waals surface area contributed by atoms with Gasteiger partial charge in [-0.2, -0.15) is 0 Å². The Morgan fingerprint density at radius 3 is 2.97 bits per heavy atom. The minimum atomic E-state index is -0.746. The number of carbonyl (C=O) groups is 1. The van der Waals surface area contributed by atoms with Gasteiger partial charge in [0.25, 0.3) is 0 Å². The van der Waals surface area contributed by atoms with E-state index in [0.717, 1.165) is 74.9 Å². The number of fused-ring (bicyclic) bond motifs is 2. The largest absolute Gasteiger partial charge is 0.481 e. The zero-order chi connectivity index (χ0) is 20.8. The standard InChI is InChI=1S/C24H31N3O3/c28-22(29)15-18(20-14-19-11-13-30-24(19)26-16-20)6-3-1-2-4-8-21-10-9-17-7-5-12-25-23(17)27-21/h9-10,14,16,18H,1-8,11-13,15H2,(H,25,27)(H,28,29)/t18-/m0/s1. The second kappa shape index (κ2) is 9.92. The molecule has 4 rings (SSSR count). The van der Waals surface area contributed by atoms with Gasteiger partial charge in [0.2, 0.25) is 5.88 Å². The maximum atomic E-state index is 11.4. The van der Waals surface area contributed by atoms with Gasteiger partial charge in [0.15, 0.2) is 0 Å². The van der Waals surface area contributed by atoms with Gasteiger partial charge in [-0.1, -0.05) is 25.3 Å². The number of aryl methyl sites for hydroxylation is 2. The van der Waals surface area contributed by atoms with Crippen LogP contribution in [0.5, 0.6) is 5.88 Å². The summed E-state index contributed by atoms with van der Waals surface area (Å²) in [6, 6.07) is 6.48. The topological polar surface area (TPSA) is 84.3 Å². The fourth-order valence-corrected chi connectivity index (χ4v) is 4.46. The van der Waals surface area contributed by atoms with E-state index in [4.69, 9.17) is 9.72 Å². The van der Waals surface area contributed by atoms with Gasteiger partial charge in [0, 0.05) is 30.4 Å². The van der Waals surface area contributed by atoms with E-state index >= 15 is 0 Å². The Labute approximate surface area is 178 Å². The maximum absolute atomic E-state index is 11.4. The summed E-state index contributed by atoms with van der Waals surface area (Å²) in [5.41, 5.74) is 4.64. The molecule has 2 aromatic rings. The SMILES string of the molecule is O=C(O)C[C@H](CCCCCCc1ccc2c(n1)NCCC2)c1cnc2c(c1)CCO2. The summed E-state index contributed by atoms with van der Waals surface area (Å²) >= 11 is 0. The molecule has 0 unspecified atom stereocenters. The Hall–Kier alpha value is -2.63. The van der Waals surface area contributed by atoms with E-state index in [1.54, 1.807) is 6.20 Å². The molecule has 6 heteroatoms. The van der Waals surface area contributed by atoms with E-state index < -0.39 is 5.97 Å². The highest BCUT2D eigenvalue weighted by molar-refractivity contribution is 5.68. The minimum Gasteiger partial charge on any atom is -0.481 e. The first-order valence-electron chi connectivity index (χ1n) is 11.2. The first-order chi connectivity index (χ1) is 14.7. The molecule has 0 aromatic carbocycles. The van der Waals surface area contributed by atoms with E-state index in [2.05, 4.69) is 28.5 Å². The number of aromatic nitrogens is 2. The molecule has 0 aliphatic carbocycles. The monoisotopic (exact) mass is 409 g/mol. The molecule has 160 valence electrons. The zero-order valence-electron chi connectivity index (χ0n) is 17.5. The van der Waals surface area contributed by atoms with E-state index in [9.17, 15) is 9.90 Å². The van der Waals surface area contributed by atoms with Crippen molar-refractivity contribution in [3.05, 3.63) is 46.8 Å². The number of hydrogen-bond acceptors (Lipinski definition) is 5. The maximum Gasteiger partial charge on any atom is 0.303 e. The van der Waals surface area contributed by atoms with Crippen molar-refractivity contribution in [2.45, 2.75) is 70.1 Å². The van der Waals surface area contributed by atoms with Crippen LogP contribution in [-0.4, -0.2) is 34.2 Å². The number of ether oxygens (including phenoxy) is 1. The van der Waals surface area contributed by atoms with Crippen molar-refractivity contribution in [2.75, 3.05) is 18.5 Å². The number of carboxylic acids is 1. The molecule has 0 radical (unpaired) electrons. The normalized spacial score (nSPS) is 15.6. The molecule has 0 saturated heterocycles. The molecule has 2 aliphatic rings. The highest BCUT2D eigenvalue weighted by Crippen LogP contribution is 2.31. The number of carboxylic acid groups (broad SMARTS) is 1. The molecule has 0 saturated carbocycles. The van der Waals surface area contributed by atoms with Crippen molar-refractivity contribution < 1.29 is 14.6 Å². The summed E-state index contributed by atoms with van der Waals surface area (Å²) in [6.07, 6.45) is 11.4. The van der Waals surface area contributed by atoms with Crippen LogP contribution in [0.1, 0.15) is 73.2 Å². The van der Waals surface area contributed by atoms with Gasteiger partial charge >= 0.3 is 5.97 Å². The number of nitrogens with one attached hydrogen (secondary N) is 1. The van der Waals surface area contributed by atoms with Gasteiger partial charge in [-0.3, -0.25) is 4.79 Å². The Bertz CT molecular complexity index is 884.